The quantitative estimate of drug-likeness (QED) is 0.907. The van der Waals surface area contributed by atoms with E-state index in [9.17, 15) is 4.79 Å². The highest BCUT2D eigenvalue weighted by molar-refractivity contribution is 5.99. The molecular weight excluding hydrogens is 292 g/mol. The largest absolute Gasteiger partial charge is 0.493 e. The van der Waals surface area contributed by atoms with E-state index in [0.29, 0.717) is 30.2 Å². The molecule has 0 spiro atoms. The van der Waals surface area contributed by atoms with Gasteiger partial charge in [0.2, 0.25) is 0 Å². The third-order valence-electron chi connectivity index (χ3n) is 4.81. The third-order valence-corrected chi connectivity index (χ3v) is 4.81. The Bertz CT molecular complexity index is 652. The summed E-state index contributed by atoms with van der Waals surface area (Å²) in [6.45, 7) is 5.88. The maximum atomic E-state index is 12.8. The van der Waals surface area contributed by atoms with Crippen molar-refractivity contribution in [2.75, 3.05) is 26.8 Å². The average Bonchev–Trinajstić information content (AvgIpc) is 2.55. The second-order valence-corrected chi connectivity index (χ2v) is 6.95. The standard InChI is InChI=1S/C18H24N2O3/c1-18(2)11-20(8-7-15(18)19)17(21)13-9-12-5-4-6-14(22-3)16(12)23-10-13/h4-6,9,15H,7-8,10-11,19H2,1-3H3. The molecule has 1 unspecified atom stereocenters. The summed E-state index contributed by atoms with van der Waals surface area (Å²) in [5.41, 5.74) is 7.65. The fourth-order valence-corrected chi connectivity index (χ4v) is 3.21. The molecule has 2 aliphatic rings. The first kappa shape index (κ1) is 15.9. The Balaban J connectivity index is 1.82. The van der Waals surface area contributed by atoms with Crippen LogP contribution in [0.15, 0.2) is 23.8 Å². The van der Waals surface area contributed by atoms with Gasteiger partial charge >= 0.3 is 0 Å². The first-order chi connectivity index (χ1) is 10.9. The van der Waals surface area contributed by atoms with Crippen LogP contribution in [0.2, 0.25) is 0 Å². The number of hydrogen-bond acceptors (Lipinski definition) is 4. The molecule has 1 saturated heterocycles. The molecule has 5 heteroatoms. The second kappa shape index (κ2) is 5.89. The van der Waals surface area contributed by atoms with Gasteiger partial charge in [0.1, 0.15) is 6.61 Å². The van der Waals surface area contributed by atoms with Gasteiger partial charge in [0.25, 0.3) is 5.91 Å². The van der Waals surface area contributed by atoms with Crippen LogP contribution in [0.5, 0.6) is 11.5 Å². The number of methoxy groups -OCH3 is 1. The zero-order chi connectivity index (χ0) is 16.6. The van der Waals surface area contributed by atoms with Gasteiger partial charge in [-0.3, -0.25) is 4.79 Å². The van der Waals surface area contributed by atoms with Gasteiger partial charge in [-0.05, 0) is 24.0 Å². The molecule has 2 N–H and O–H groups in total. The zero-order valence-electron chi connectivity index (χ0n) is 14.0. The fourth-order valence-electron chi connectivity index (χ4n) is 3.21. The van der Waals surface area contributed by atoms with E-state index in [-0.39, 0.29) is 24.0 Å². The molecule has 5 nitrogen and oxygen atoms in total. The molecule has 1 aromatic rings. The van der Waals surface area contributed by atoms with E-state index >= 15 is 0 Å². The predicted octanol–water partition coefficient (Wildman–Crippen LogP) is 2.06. The lowest BCUT2D eigenvalue weighted by atomic mass is 9.79. The number of fused-ring (bicyclic) bond motifs is 1. The van der Waals surface area contributed by atoms with Gasteiger partial charge in [-0.25, -0.2) is 0 Å². The molecule has 2 heterocycles. The SMILES string of the molecule is COc1cccc2c1OCC(C(=O)N1CCC(N)C(C)(C)C1)=C2. The molecule has 0 aromatic heterocycles. The molecule has 2 aliphatic heterocycles. The molecular formula is C18H24N2O3. The number of hydrogen-bond donors (Lipinski definition) is 1. The van der Waals surface area contributed by atoms with E-state index < -0.39 is 0 Å². The average molecular weight is 316 g/mol. The van der Waals surface area contributed by atoms with Gasteiger partial charge in [-0.1, -0.05) is 26.0 Å². The third kappa shape index (κ3) is 2.93. The monoisotopic (exact) mass is 316 g/mol. The summed E-state index contributed by atoms with van der Waals surface area (Å²) >= 11 is 0. The number of carbonyl (C=O) groups excluding carboxylic acids is 1. The molecule has 124 valence electrons. The second-order valence-electron chi connectivity index (χ2n) is 6.95. The van der Waals surface area contributed by atoms with Crippen LogP contribution in [0.1, 0.15) is 25.8 Å². The zero-order valence-corrected chi connectivity index (χ0v) is 14.0. The number of ether oxygens (including phenoxy) is 2. The van der Waals surface area contributed by atoms with Crippen LogP contribution in [0, 0.1) is 5.41 Å². The molecule has 1 aromatic carbocycles. The lowest BCUT2D eigenvalue weighted by Crippen LogP contribution is -2.54. The van der Waals surface area contributed by atoms with E-state index in [2.05, 4.69) is 13.8 Å². The summed E-state index contributed by atoms with van der Waals surface area (Å²) in [5, 5.41) is 0. The van der Waals surface area contributed by atoms with Crippen molar-refractivity contribution in [1.29, 1.82) is 0 Å². The Morgan fingerprint density at radius 1 is 1.43 bits per heavy atom. The summed E-state index contributed by atoms with van der Waals surface area (Å²) in [7, 11) is 1.61. The number of rotatable bonds is 2. The van der Waals surface area contributed by atoms with E-state index in [4.69, 9.17) is 15.2 Å². The summed E-state index contributed by atoms with van der Waals surface area (Å²) < 4.78 is 11.1. The molecule has 3 rings (SSSR count). The fraction of sp³-hybridized carbons (Fsp3) is 0.500. The lowest BCUT2D eigenvalue weighted by Gasteiger charge is -2.43. The maximum absolute atomic E-state index is 12.8. The molecule has 1 amide bonds. The van der Waals surface area contributed by atoms with Crippen molar-refractivity contribution in [1.82, 2.24) is 4.90 Å². The van der Waals surface area contributed by atoms with E-state index in [0.717, 1.165) is 12.0 Å². The Morgan fingerprint density at radius 2 is 2.22 bits per heavy atom. The van der Waals surface area contributed by atoms with Crippen molar-refractivity contribution in [3.05, 3.63) is 29.3 Å². The van der Waals surface area contributed by atoms with Crippen LogP contribution >= 0.6 is 0 Å². The summed E-state index contributed by atoms with van der Waals surface area (Å²) in [5.74, 6) is 1.43. The lowest BCUT2D eigenvalue weighted by molar-refractivity contribution is -0.130. The van der Waals surface area contributed by atoms with Crippen LogP contribution in [0.3, 0.4) is 0 Å². The summed E-state index contributed by atoms with van der Waals surface area (Å²) in [6.07, 6.45) is 2.74. The molecule has 0 saturated carbocycles. The Morgan fingerprint density at radius 3 is 2.91 bits per heavy atom. The molecule has 0 bridgehead atoms. The van der Waals surface area contributed by atoms with Crippen LogP contribution in [0.4, 0.5) is 0 Å². The number of para-hydroxylation sites is 1. The number of likely N-dealkylation sites (tertiary alicyclic amines) is 1. The first-order valence-electron chi connectivity index (χ1n) is 7.97. The van der Waals surface area contributed by atoms with Crippen molar-refractivity contribution in [3.63, 3.8) is 0 Å². The van der Waals surface area contributed by atoms with Crippen LogP contribution < -0.4 is 15.2 Å². The van der Waals surface area contributed by atoms with Gasteiger partial charge in [0.05, 0.1) is 12.7 Å². The van der Waals surface area contributed by atoms with Crippen molar-refractivity contribution in [2.24, 2.45) is 11.1 Å². The smallest absolute Gasteiger partial charge is 0.253 e. The molecule has 1 atom stereocenters. The number of piperidine rings is 1. The first-order valence-corrected chi connectivity index (χ1v) is 7.97. The highest BCUT2D eigenvalue weighted by Crippen LogP contribution is 2.36. The van der Waals surface area contributed by atoms with Crippen LogP contribution in [-0.4, -0.2) is 43.7 Å². The minimum Gasteiger partial charge on any atom is -0.493 e. The van der Waals surface area contributed by atoms with E-state index in [1.807, 2.05) is 29.2 Å². The number of amides is 1. The molecule has 0 aliphatic carbocycles. The van der Waals surface area contributed by atoms with Crippen molar-refractivity contribution >= 4 is 12.0 Å². The minimum atomic E-state index is -0.0644. The Labute approximate surface area is 137 Å². The predicted molar refractivity (Wildman–Crippen MR) is 89.4 cm³/mol. The normalized spacial score (nSPS) is 22.7. The van der Waals surface area contributed by atoms with Gasteiger partial charge in [0, 0.05) is 24.7 Å². The topological polar surface area (TPSA) is 64.8 Å². The highest BCUT2D eigenvalue weighted by atomic mass is 16.5. The van der Waals surface area contributed by atoms with Gasteiger partial charge in [-0.2, -0.15) is 0 Å². The Hall–Kier alpha value is -2.01. The van der Waals surface area contributed by atoms with Gasteiger partial charge in [-0.15, -0.1) is 0 Å². The van der Waals surface area contributed by atoms with Crippen LogP contribution in [-0.2, 0) is 4.79 Å². The molecule has 23 heavy (non-hydrogen) atoms. The number of carbonyl (C=O) groups is 1. The van der Waals surface area contributed by atoms with Crippen molar-refractivity contribution in [3.8, 4) is 11.5 Å². The summed E-state index contributed by atoms with van der Waals surface area (Å²) in [4.78, 5) is 14.7. The van der Waals surface area contributed by atoms with Crippen LogP contribution in [0.25, 0.3) is 6.08 Å². The minimum absolute atomic E-state index is 0.0402. The Kier molecular flexibility index (Phi) is 4.06. The van der Waals surface area contributed by atoms with E-state index in [1.165, 1.54) is 0 Å². The van der Waals surface area contributed by atoms with E-state index in [1.54, 1.807) is 7.11 Å². The molecule has 0 radical (unpaired) electrons. The summed E-state index contributed by atoms with van der Waals surface area (Å²) in [6, 6.07) is 5.82. The number of nitrogens with zero attached hydrogens (tertiary/aromatic N) is 1. The van der Waals surface area contributed by atoms with Gasteiger partial charge < -0.3 is 20.1 Å². The number of nitrogens with two attached hydrogens (primary N) is 1. The molecule has 1 fully saturated rings. The van der Waals surface area contributed by atoms with Crippen molar-refractivity contribution < 1.29 is 14.3 Å². The number of benzene rings is 1. The van der Waals surface area contributed by atoms with Gasteiger partial charge in [0.15, 0.2) is 11.5 Å². The van der Waals surface area contributed by atoms with Crippen molar-refractivity contribution in [2.45, 2.75) is 26.3 Å². The maximum Gasteiger partial charge on any atom is 0.253 e. The highest BCUT2D eigenvalue weighted by Gasteiger charge is 2.36.